The van der Waals surface area contributed by atoms with Gasteiger partial charge in [0.2, 0.25) is 22.8 Å². The summed E-state index contributed by atoms with van der Waals surface area (Å²) in [5.74, 6) is -2.58. The molecule has 0 bridgehead atoms. The first-order valence-corrected chi connectivity index (χ1v) is 9.91. The number of hydrogen-bond donors (Lipinski definition) is 5. The van der Waals surface area contributed by atoms with Gasteiger partial charge in [-0.05, 0) is 0 Å². The lowest BCUT2D eigenvalue weighted by molar-refractivity contribution is -0.141. The van der Waals surface area contributed by atoms with E-state index in [4.69, 9.17) is 0 Å². The van der Waals surface area contributed by atoms with Crippen LogP contribution >= 0.6 is 11.8 Å². The van der Waals surface area contributed by atoms with Gasteiger partial charge >= 0.3 is 5.97 Å². The van der Waals surface area contributed by atoms with Crippen molar-refractivity contribution >= 4 is 40.6 Å². The summed E-state index contributed by atoms with van der Waals surface area (Å²) in [5.41, 5.74) is 0.611. The molecule has 0 aromatic carbocycles. The summed E-state index contributed by atoms with van der Waals surface area (Å²) in [5, 5.41) is 16.2. The van der Waals surface area contributed by atoms with Crippen molar-refractivity contribution in [2.45, 2.75) is 45.2 Å². The van der Waals surface area contributed by atoms with Crippen LogP contribution in [0.15, 0.2) is 12.5 Å². The number of thioether (sulfide) groups is 1. The minimum absolute atomic E-state index is 0.0126. The van der Waals surface area contributed by atoms with Crippen LogP contribution in [-0.4, -0.2) is 68.3 Å². The zero-order chi connectivity index (χ0) is 21.8. The van der Waals surface area contributed by atoms with Crippen molar-refractivity contribution in [3.05, 3.63) is 18.2 Å². The van der Waals surface area contributed by atoms with E-state index < -0.39 is 35.0 Å². The van der Waals surface area contributed by atoms with Gasteiger partial charge in [-0.2, -0.15) is 0 Å². The number of rotatable bonds is 12. The molecule has 1 heterocycles. The number of aliphatic carboxylic acids is 1. The highest BCUT2D eigenvalue weighted by atomic mass is 32.2. The number of carboxylic acids is 1. The number of H-pyrrole nitrogens is 1. The molecule has 0 fully saturated rings. The molecule has 11 nitrogen and oxygen atoms in total. The second-order valence-corrected chi connectivity index (χ2v) is 7.10. The van der Waals surface area contributed by atoms with Crippen LogP contribution in [0.5, 0.6) is 0 Å². The molecule has 0 aliphatic heterocycles. The van der Waals surface area contributed by atoms with Gasteiger partial charge in [0.05, 0.1) is 6.33 Å². The van der Waals surface area contributed by atoms with Crippen molar-refractivity contribution in [3.8, 4) is 0 Å². The molecule has 29 heavy (non-hydrogen) atoms. The zero-order valence-corrected chi connectivity index (χ0v) is 17.0. The molecule has 0 saturated carbocycles. The van der Waals surface area contributed by atoms with Crippen LogP contribution in [0.25, 0.3) is 0 Å². The minimum atomic E-state index is -1.25. The van der Waals surface area contributed by atoms with Crippen molar-refractivity contribution in [1.82, 2.24) is 25.9 Å². The molecule has 0 aliphatic carbocycles. The Morgan fingerprint density at radius 2 is 1.86 bits per heavy atom. The van der Waals surface area contributed by atoms with E-state index in [2.05, 4.69) is 25.9 Å². The van der Waals surface area contributed by atoms with Crippen molar-refractivity contribution in [2.24, 2.45) is 0 Å². The average Bonchev–Trinajstić information content (AvgIpc) is 3.16. The van der Waals surface area contributed by atoms with Crippen LogP contribution in [0, 0.1) is 0 Å². The maximum Gasteiger partial charge on any atom is 0.327 e. The Balaban J connectivity index is 2.71. The van der Waals surface area contributed by atoms with Crippen molar-refractivity contribution in [2.75, 3.05) is 12.3 Å². The second kappa shape index (κ2) is 12.5. The maximum atomic E-state index is 12.6. The van der Waals surface area contributed by atoms with Crippen molar-refractivity contribution < 1.29 is 29.1 Å². The molecule has 0 aliphatic rings. The Kier molecular flexibility index (Phi) is 10.4. The SMILES string of the molecule is CCC(=O)NC(CSC(=O)[C@H](Cc1cnc[nH]1)NC(=O)CCNC(C)=O)C(=O)O. The highest BCUT2D eigenvalue weighted by Crippen LogP contribution is 2.12. The number of amides is 3. The monoisotopic (exact) mass is 427 g/mol. The number of hydrogen-bond acceptors (Lipinski definition) is 7. The highest BCUT2D eigenvalue weighted by molar-refractivity contribution is 8.13. The minimum Gasteiger partial charge on any atom is -0.480 e. The molecule has 1 rings (SSSR count). The first-order chi connectivity index (χ1) is 13.7. The average molecular weight is 427 g/mol. The molecule has 1 unspecified atom stereocenters. The second-order valence-electron chi connectivity index (χ2n) is 6.08. The summed E-state index contributed by atoms with van der Waals surface area (Å²) in [7, 11) is 0. The van der Waals surface area contributed by atoms with Gasteiger partial charge in [-0.3, -0.25) is 19.2 Å². The quantitative estimate of drug-likeness (QED) is 0.289. The lowest BCUT2D eigenvalue weighted by Crippen LogP contribution is -2.45. The van der Waals surface area contributed by atoms with Gasteiger partial charge in [-0.15, -0.1) is 0 Å². The summed E-state index contributed by atoms with van der Waals surface area (Å²) in [6.07, 6.45) is 3.19. The summed E-state index contributed by atoms with van der Waals surface area (Å²) in [6.45, 7) is 3.04. The molecule has 160 valence electrons. The van der Waals surface area contributed by atoms with E-state index in [1.807, 2.05) is 0 Å². The number of imidazole rings is 1. The van der Waals surface area contributed by atoms with Gasteiger partial charge in [-0.1, -0.05) is 18.7 Å². The Hall–Kier alpha value is -2.89. The van der Waals surface area contributed by atoms with Gasteiger partial charge in [0.15, 0.2) is 0 Å². The summed E-state index contributed by atoms with van der Waals surface area (Å²) < 4.78 is 0. The lowest BCUT2D eigenvalue weighted by Gasteiger charge is -2.18. The van der Waals surface area contributed by atoms with Crippen LogP contribution in [0.1, 0.15) is 32.4 Å². The lowest BCUT2D eigenvalue weighted by atomic mass is 10.2. The summed E-state index contributed by atoms with van der Waals surface area (Å²) in [6, 6.07) is -2.15. The predicted molar refractivity (Wildman–Crippen MR) is 105 cm³/mol. The number of carbonyl (C=O) groups is 5. The molecule has 1 aromatic heterocycles. The van der Waals surface area contributed by atoms with Crippen LogP contribution in [0.3, 0.4) is 0 Å². The Morgan fingerprint density at radius 1 is 1.17 bits per heavy atom. The fourth-order valence-electron chi connectivity index (χ4n) is 2.17. The van der Waals surface area contributed by atoms with Gasteiger partial charge in [0.1, 0.15) is 12.1 Å². The topological polar surface area (TPSA) is 170 Å². The molecule has 0 spiro atoms. The van der Waals surface area contributed by atoms with E-state index in [1.54, 1.807) is 6.92 Å². The summed E-state index contributed by atoms with van der Waals surface area (Å²) >= 11 is 0.713. The van der Waals surface area contributed by atoms with Crippen molar-refractivity contribution in [1.29, 1.82) is 0 Å². The third-order valence-corrected chi connectivity index (χ3v) is 4.74. The molecule has 12 heteroatoms. The first-order valence-electron chi connectivity index (χ1n) is 8.92. The standard InChI is InChI=1S/C17H25N5O6S/c1-3-14(24)22-13(16(26)27)8-29-17(28)12(6-11-7-18-9-20-11)21-15(25)4-5-19-10(2)23/h7,9,12-13H,3-6,8H2,1-2H3,(H,18,20)(H,19,23)(H,21,25)(H,22,24)(H,26,27)/t12-,13?/m0/s1. The summed E-state index contributed by atoms with van der Waals surface area (Å²) in [4.78, 5) is 65.0. The van der Waals surface area contributed by atoms with Gasteiger partial charge in [0, 0.05) is 50.4 Å². The van der Waals surface area contributed by atoms with E-state index in [0.29, 0.717) is 17.5 Å². The van der Waals surface area contributed by atoms with E-state index in [9.17, 15) is 29.1 Å². The molecule has 1 aromatic rings. The third kappa shape index (κ3) is 9.74. The number of aromatic amines is 1. The fourth-order valence-corrected chi connectivity index (χ4v) is 3.07. The molecule has 5 N–H and O–H groups in total. The first kappa shape index (κ1) is 24.1. The van der Waals surface area contributed by atoms with Crippen molar-refractivity contribution in [3.63, 3.8) is 0 Å². The number of carboxylic acid groups (broad SMARTS) is 1. The van der Waals surface area contributed by atoms with Gasteiger partial charge < -0.3 is 26.0 Å². The number of nitrogens with zero attached hydrogens (tertiary/aromatic N) is 1. The van der Waals surface area contributed by atoms with Gasteiger partial charge in [-0.25, -0.2) is 9.78 Å². The Morgan fingerprint density at radius 3 is 2.41 bits per heavy atom. The van der Waals surface area contributed by atoms with Crippen LogP contribution in [-0.2, 0) is 30.4 Å². The van der Waals surface area contributed by atoms with E-state index in [-0.39, 0.29) is 37.5 Å². The van der Waals surface area contributed by atoms with Crippen LogP contribution in [0.2, 0.25) is 0 Å². The predicted octanol–water partition coefficient (Wildman–Crippen LogP) is -0.798. The third-order valence-electron chi connectivity index (χ3n) is 3.67. The largest absolute Gasteiger partial charge is 0.480 e. The fraction of sp³-hybridized carbons (Fsp3) is 0.529. The zero-order valence-electron chi connectivity index (χ0n) is 16.2. The molecule has 3 amide bonds. The van der Waals surface area contributed by atoms with E-state index in [0.717, 1.165) is 0 Å². The van der Waals surface area contributed by atoms with E-state index in [1.165, 1.54) is 19.4 Å². The smallest absolute Gasteiger partial charge is 0.327 e. The van der Waals surface area contributed by atoms with E-state index >= 15 is 0 Å². The molecular weight excluding hydrogens is 402 g/mol. The normalized spacial score (nSPS) is 12.5. The Bertz CT molecular complexity index is 724. The molecular formula is C17H25N5O6S. The van der Waals surface area contributed by atoms with Crippen LogP contribution < -0.4 is 16.0 Å². The molecule has 0 radical (unpaired) electrons. The van der Waals surface area contributed by atoms with Crippen LogP contribution in [0.4, 0.5) is 0 Å². The number of nitrogens with one attached hydrogen (secondary N) is 4. The maximum absolute atomic E-state index is 12.6. The number of carbonyl (C=O) groups excluding carboxylic acids is 4. The molecule has 2 atom stereocenters. The molecule has 0 saturated heterocycles. The Labute approximate surface area is 171 Å². The highest BCUT2D eigenvalue weighted by Gasteiger charge is 2.26. The van der Waals surface area contributed by atoms with Gasteiger partial charge in [0.25, 0.3) is 0 Å². The number of aromatic nitrogens is 2.